The van der Waals surface area contributed by atoms with Gasteiger partial charge in [0.1, 0.15) is 0 Å². The molecule has 3 unspecified atom stereocenters. The van der Waals surface area contributed by atoms with E-state index >= 15 is 0 Å². The van der Waals surface area contributed by atoms with E-state index in [1.807, 2.05) is 0 Å². The van der Waals surface area contributed by atoms with Crippen molar-refractivity contribution in [1.29, 1.82) is 0 Å². The standard InChI is InChI=1S/C10H18O5S/c11-4-3-8-7-14-10(15-8)6-9-2-1-5-16(9,12)13/h8-11H,1-7H2. The van der Waals surface area contributed by atoms with Crippen molar-refractivity contribution in [2.75, 3.05) is 19.0 Å². The Morgan fingerprint density at radius 1 is 1.38 bits per heavy atom. The summed E-state index contributed by atoms with van der Waals surface area (Å²) in [5.41, 5.74) is 0. The Morgan fingerprint density at radius 2 is 2.19 bits per heavy atom. The molecule has 2 saturated heterocycles. The number of rotatable bonds is 4. The highest BCUT2D eigenvalue weighted by molar-refractivity contribution is 7.92. The summed E-state index contributed by atoms with van der Waals surface area (Å²) in [7, 11) is -2.91. The van der Waals surface area contributed by atoms with Crippen LogP contribution in [-0.2, 0) is 19.3 Å². The van der Waals surface area contributed by atoms with Crippen LogP contribution < -0.4 is 0 Å². The summed E-state index contributed by atoms with van der Waals surface area (Å²) in [4.78, 5) is 0. The number of aliphatic hydroxyl groups excluding tert-OH is 1. The molecule has 6 heteroatoms. The van der Waals surface area contributed by atoms with Crippen LogP contribution in [0.3, 0.4) is 0 Å². The van der Waals surface area contributed by atoms with Gasteiger partial charge in [0.05, 0.1) is 23.7 Å². The largest absolute Gasteiger partial charge is 0.396 e. The Hall–Kier alpha value is -0.170. The van der Waals surface area contributed by atoms with Crippen molar-refractivity contribution in [2.45, 2.75) is 43.3 Å². The predicted octanol–water partition coefficient (Wildman–Crippen LogP) is 0.0776. The van der Waals surface area contributed by atoms with Crippen molar-refractivity contribution in [3.05, 3.63) is 0 Å². The lowest BCUT2D eigenvalue weighted by atomic mass is 10.2. The molecule has 1 N–H and O–H groups in total. The first-order valence-electron chi connectivity index (χ1n) is 5.71. The highest BCUT2D eigenvalue weighted by Crippen LogP contribution is 2.27. The van der Waals surface area contributed by atoms with Crippen LogP contribution in [0.4, 0.5) is 0 Å². The molecule has 0 saturated carbocycles. The predicted molar refractivity (Wildman–Crippen MR) is 57.7 cm³/mol. The van der Waals surface area contributed by atoms with Crippen molar-refractivity contribution in [3.63, 3.8) is 0 Å². The monoisotopic (exact) mass is 250 g/mol. The lowest BCUT2D eigenvalue weighted by molar-refractivity contribution is -0.0646. The van der Waals surface area contributed by atoms with Gasteiger partial charge in [-0.25, -0.2) is 8.42 Å². The number of sulfone groups is 1. The maximum absolute atomic E-state index is 11.6. The van der Waals surface area contributed by atoms with Gasteiger partial charge in [-0.2, -0.15) is 0 Å². The fraction of sp³-hybridized carbons (Fsp3) is 1.00. The van der Waals surface area contributed by atoms with E-state index in [1.165, 1.54) is 0 Å². The van der Waals surface area contributed by atoms with Crippen LogP contribution in [0.2, 0.25) is 0 Å². The van der Waals surface area contributed by atoms with Crippen molar-refractivity contribution in [2.24, 2.45) is 0 Å². The Labute approximate surface area is 95.7 Å². The molecular weight excluding hydrogens is 232 g/mol. The van der Waals surface area contributed by atoms with Crippen LogP contribution in [0.15, 0.2) is 0 Å². The van der Waals surface area contributed by atoms with Gasteiger partial charge in [0.25, 0.3) is 0 Å². The van der Waals surface area contributed by atoms with Crippen LogP contribution >= 0.6 is 0 Å². The summed E-state index contributed by atoms with van der Waals surface area (Å²) >= 11 is 0. The Bertz CT molecular complexity index is 326. The summed E-state index contributed by atoms with van der Waals surface area (Å²) < 4.78 is 34.1. The summed E-state index contributed by atoms with van der Waals surface area (Å²) in [6, 6.07) is 0. The first-order valence-corrected chi connectivity index (χ1v) is 7.43. The van der Waals surface area contributed by atoms with Crippen LogP contribution in [0.5, 0.6) is 0 Å². The lowest BCUT2D eigenvalue weighted by Crippen LogP contribution is -2.24. The molecule has 0 spiro atoms. The summed E-state index contributed by atoms with van der Waals surface area (Å²) in [6.07, 6.45) is 1.96. The van der Waals surface area contributed by atoms with Gasteiger partial charge < -0.3 is 14.6 Å². The number of hydrogen-bond donors (Lipinski definition) is 1. The second-order valence-corrected chi connectivity index (χ2v) is 6.80. The molecular formula is C10H18O5S. The van der Waals surface area contributed by atoms with Crippen molar-refractivity contribution in [3.8, 4) is 0 Å². The molecule has 0 amide bonds. The lowest BCUT2D eigenvalue weighted by Gasteiger charge is -2.14. The third kappa shape index (κ3) is 2.74. The molecule has 16 heavy (non-hydrogen) atoms. The van der Waals surface area contributed by atoms with Gasteiger partial charge in [-0.15, -0.1) is 0 Å². The van der Waals surface area contributed by atoms with Gasteiger partial charge in [0.15, 0.2) is 16.1 Å². The highest BCUT2D eigenvalue weighted by atomic mass is 32.2. The minimum Gasteiger partial charge on any atom is -0.396 e. The van der Waals surface area contributed by atoms with E-state index in [0.717, 1.165) is 12.8 Å². The first kappa shape index (κ1) is 12.3. The van der Waals surface area contributed by atoms with E-state index in [4.69, 9.17) is 14.6 Å². The molecule has 0 aromatic rings. The molecule has 94 valence electrons. The second-order valence-electron chi connectivity index (χ2n) is 4.40. The second kappa shape index (κ2) is 5.00. The first-order chi connectivity index (χ1) is 7.62. The van der Waals surface area contributed by atoms with Crippen molar-refractivity contribution >= 4 is 9.84 Å². The zero-order valence-corrected chi connectivity index (χ0v) is 9.99. The summed E-state index contributed by atoms with van der Waals surface area (Å²) in [6.45, 7) is 0.528. The van der Waals surface area contributed by atoms with Crippen LogP contribution in [0.25, 0.3) is 0 Å². The highest BCUT2D eigenvalue weighted by Gasteiger charge is 2.36. The average Bonchev–Trinajstić information content (AvgIpc) is 2.76. The topological polar surface area (TPSA) is 72.8 Å². The zero-order valence-electron chi connectivity index (χ0n) is 9.17. The molecule has 3 atom stereocenters. The minimum absolute atomic E-state index is 0.0719. The molecule has 0 aromatic carbocycles. The van der Waals surface area contributed by atoms with E-state index in [2.05, 4.69) is 0 Å². The average molecular weight is 250 g/mol. The van der Waals surface area contributed by atoms with E-state index in [-0.39, 0.29) is 18.0 Å². The molecule has 2 aliphatic heterocycles. The Morgan fingerprint density at radius 3 is 2.81 bits per heavy atom. The molecule has 0 bridgehead atoms. The van der Waals surface area contributed by atoms with Crippen molar-refractivity contribution < 1.29 is 23.0 Å². The third-order valence-corrected chi connectivity index (χ3v) is 5.48. The zero-order chi connectivity index (χ0) is 11.6. The normalized spacial score (nSPS) is 37.9. The maximum atomic E-state index is 11.6. The molecule has 2 rings (SSSR count). The summed E-state index contributed by atoms with van der Waals surface area (Å²) in [5.74, 6) is 0.296. The van der Waals surface area contributed by atoms with E-state index in [0.29, 0.717) is 25.2 Å². The molecule has 0 radical (unpaired) electrons. The van der Waals surface area contributed by atoms with Gasteiger partial charge in [0, 0.05) is 13.0 Å². The molecule has 0 aromatic heterocycles. The summed E-state index contributed by atoms with van der Waals surface area (Å²) in [5, 5.41) is 8.45. The van der Waals surface area contributed by atoms with Gasteiger partial charge in [-0.05, 0) is 19.3 Å². The van der Waals surface area contributed by atoms with Gasteiger partial charge in [-0.1, -0.05) is 0 Å². The minimum atomic E-state index is -2.91. The van der Waals surface area contributed by atoms with Crippen molar-refractivity contribution in [1.82, 2.24) is 0 Å². The molecule has 2 fully saturated rings. The third-order valence-electron chi connectivity index (χ3n) is 3.18. The van der Waals surface area contributed by atoms with Crippen LogP contribution in [-0.4, -0.2) is 50.1 Å². The fourth-order valence-corrected chi connectivity index (χ4v) is 4.14. The number of ether oxygens (including phenoxy) is 2. The van der Waals surface area contributed by atoms with Crippen LogP contribution in [0, 0.1) is 0 Å². The molecule has 0 aliphatic carbocycles. The van der Waals surface area contributed by atoms with E-state index in [9.17, 15) is 8.42 Å². The van der Waals surface area contributed by atoms with E-state index in [1.54, 1.807) is 0 Å². The van der Waals surface area contributed by atoms with E-state index < -0.39 is 16.1 Å². The SMILES string of the molecule is O=S1(=O)CCCC1CC1OCC(CCO)O1. The smallest absolute Gasteiger partial charge is 0.159 e. The van der Waals surface area contributed by atoms with Gasteiger partial charge >= 0.3 is 0 Å². The number of aliphatic hydroxyl groups is 1. The van der Waals surface area contributed by atoms with Crippen LogP contribution in [0.1, 0.15) is 25.7 Å². The quantitative estimate of drug-likeness (QED) is 0.765. The fourth-order valence-electron chi connectivity index (χ4n) is 2.26. The Kier molecular flexibility index (Phi) is 3.84. The molecule has 2 heterocycles. The Balaban J connectivity index is 1.83. The molecule has 2 aliphatic rings. The van der Waals surface area contributed by atoms with Gasteiger partial charge in [-0.3, -0.25) is 0 Å². The maximum Gasteiger partial charge on any atom is 0.159 e. The van der Waals surface area contributed by atoms with Gasteiger partial charge in [0.2, 0.25) is 0 Å². The molecule has 5 nitrogen and oxygen atoms in total. The number of hydrogen-bond acceptors (Lipinski definition) is 5.